The second-order valence-electron chi connectivity index (χ2n) is 6.67. The summed E-state index contributed by atoms with van der Waals surface area (Å²) < 4.78 is 17.3. The molecule has 0 N–H and O–H groups in total. The van der Waals surface area contributed by atoms with E-state index in [4.69, 9.17) is 0 Å². The van der Waals surface area contributed by atoms with Crippen molar-refractivity contribution in [1.82, 2.24) is 9.13 Å². The van der Waals surface area contributed by atoms with Crippen LogP contribution >= 0.6 is 0 Å². The highest BCUT2D eigenvalue weighted by molar-refractivity contribution is 6.10. The van der Waals surface area contributed by atoms with Gasteiger partial charge in [0.05, 0.1) is 16.9 Å². The molecule has 132 valence electrons. The van der Waals surface area contributed by atoms with Gasteiger partial charge >= 0.3 is 0 Å². The summed E-state index contributed by atoms with van der Waals surface area (Å²) in [5.41, 5.74) is 2.82. The first-order valence-electron chi connectivity index (χ1n) is 8.77. The average molecular weight is 358 g/mol. The van der Waals surface area contributed by atoms with Crippen molar-refractivity contribution >= 4 is 16.8 Å². The van der Waals surface area contributed by atoms with E-state index in [9.17, 15) is 14.0 Å². The van der Waals surface area contributed by atoms with E-state index < -0.39 is 11.2 Å². The SMILES string of the molecule is O=C1c2c(n(CCc3ccccc3)c3ccc(F)cc3c2=O)-c2cccn21. The number of carbonyl (C=O) groups is 1. The number of hydrogen-bond donors (Lipinski definition) is 0. The molecule has 1 aliphatic rings. The third-order valence-electron chi connectivity index (χ3n) is 5.12. The van der Waals surface area contributed by atoms with Gasteiger partial charge in [-0.2, -0.15) is 0 Å². The lowest BCUT2D eigenvalue weighted by Gasteiger charge is -2.16. The van der Waals surface area contributed by atoms with Crippen LogP contribution in [0.15, 0.2) is 71.7 Å². The van der Waals surface area contributed by atoms with Crippen molar-refractivity contribution < 1.29 is 9.18 Å². The molecule has 2 aromatic heterocycles. The second kappa shape index (κ2) is 5.77. The first kappa shape index (κ1) is 15.8. The minimum absolute atomic E-state index is 0.122. The maximum Gasteiger partial charge on any atom is 0.268 e. The molecule has 0 saturated carbocycles. The smallest absolute Gasteiger partial charge is 0.268 e. The highest BCUT2D eigenvalue weighted by atomic mass is 19.1. The van der Waals surface area contributed by atoms with Gasteiger partial charge < -0.3 is 4.57 Å². The number of rotatable bonds is 3. The molecular weight excluding hydrogens is 343 g/mol. The number of benzene rings is 2. The van der Waals surface area contributed by atoms with E-state index >= 15 is 0 Å². The van der Waals surface area contributed by atoms with Crippen molar-refractivity contribution in [3.05, 3.63) is 94.0 Å². The van der Waals surface area contributed by atoms with E-state index in [1.54, 1.807) is 18.3 Å². The normalized spacial score (nSPS) is 12.4. The summed E-state index contributed by atoms with van der Waals surface area (Å²) in [7, 11) is 0. The van der Waals surface area contributed by atoms with Crippen LogP contribution < -0.4 is 5.43 Å². The fourth-order valence-corrected chi connectivity index (χ4v) is 3.88. The van der Waals surface area contributed by atoms with Gasteiger partial charge in [-0.25, -0.2) is 4.39 Å². The Kier molecular flexibility index (Phi) is 3.37. The lowest BCUT2D eigenvalue weighted by molar-refractivity contribution is 0.0968. The van der Waals surface area contributed by atoms with Crippen LogP contribution in [0.3, 0.4) is 0 Å². The number of halogens is 1. The van der Waals surface area contributed by atoms with Crippen LogP contribution in [-0.2, 0) is 13.0 Å². The molecule has 0 saturated heterocycles. The zero-order chi connectivity index (χ0) is 18.5. The predicted molar refractivity (Wildman–Crippen MR) is 101 cm³/mol. The standard InChI is InChI=1S/C22H15FN2O2/c23-15-8-9-17-16(13-15)21(26)19-20(18-7-4-11-25(18)22(19)27)24(17)12-10-14-5-2-1-3-6-14/h1-9,11,13H,10,12H2. The van der Waals surface area contributed by atoms with E-state index in [-0.39, 0.29) is 16.9 Å². The van der Waals surface area contributed by atoms with Crippen LogP contribution in [0.25, 0.3) is 22.3 Å². The highest BCUT2D eigenvalue weighted by Gasteiger charge is 2.32. The van der Waals surface area contributed by atoms with Crippen molar-refractivity contribution in [2.24, 2.45) is 0 Å². The molecule has 0 aliphatic carbocycles. The number of fused-ring (bicyclic) bond motifs is 4. The molecule has 0 spiro atoms. The van der Waals surface area contributed by atoms with Crippen LogP contribution in [0.5, 0.6) is 0 Å². The van der Waals surface area contributed by atoms with Crippen molar-refractivity contribution in [2.45, 2.75) is 13.0 Å². The molecular formula is C22H15FN2O2. The maximum absolute atomic E-state index is 13.8. The first-order chi connectivity index (χ1) is 13.1. The zero-order valence-electron chi connectivity index (χ0n) is 14.4. The largest absolute Gasteiger partial charge is 0.338 e. The predicted octanol–water partition coefficient (Wildman–Crippen LogP) is 3.85. The van der Waals surface area contributed by atoms with Gasteiger partial charge in [0.1, 0.15) is 11.4 Å². The summed E-state index contributed by atoms with van der Waals surface area (Å²) in [6.07, 6.45) is 2.39. The highest BCUT2D eigenvalue weighted by Crippen LogP contribution is 2.33. The fraction of sp³-hybridized carbons (Fsp3) is 0.0909. The van der Waals surface area contributed by atoms with Crippen molar-refractivity contribution in [1.29, 1.82) is 0 Å². The quantitative estimate of drug-likeness (QED) is 0.492. The van der Waals surface area contributed by atoms with E-state index in [0.29, 0.717) is 23.4 Å². The number of aromatic nitrogens is 2. The minimum atomic E-state index is -0.487. The molecule has 2 aromatic carbocycles. The van der Waals surface area contributed by atoms with Crippen molar-refractivity contribution in [3.8, 4) is 11.4 Å². The third-order valence-corrected chi connectivity index (χ3v) is 5.12. The van der Waals surface area contributed by atoms with E-state index in [2.05, 4.69) is 0 Å². The van der Waals surface area contributed by atoms with Gasteiger partial charge in [-0.05, 0) is 42.3 Å². The summed E-state index contributed by atoms with van der Waals surface area (Å²) in [5, 5.41) is 0.237. The van der Waals surface area contributed by atoms with Crippen LogP contribution in [0.2, 0.25) is 0 Å². The molecule has 4 nitrogen and oxygen atoms in total. The lowest BCUT2D eigenvalue weighted by atomic mass is 10.1. The summed E-state index contributed by atoms with van der Waals surface area (Å²) >= 11 is 0. The molecule has 5 heteroatoms. The zero-order valence-corrected chi connectivity index (χ0v) is 14.4. The summed E-state index contributed by atoms with van der Waals surface area (Å²) in [6.45, 7) is 0.577. The molecule has 3 heterocycles. The summed E-state index contributed by atoms with van der Waals surface area (Å²) in [6, 6.07) is 17.8. The number of nitrogens with zero attached hydrogens (tertiary/aromatic N) is 2. The van der Waals surface area contributed by atoms with Crippen LogP contribution in [0.1, 0.15) is 15.9 Å². The summed E-state index contributed by atoms with van der Waals surface area (Å²) in [4.78, 5) is 25.7. The van der Waals surface area contributed by atoms with E-state index in [1.807, 2.05) is 41.0 Å². The van der Waals surface area contributed by atoms with Gasteiger partial charge in [-0.1, -0.05) is 30.3 Å². The second-order valence-corrected chi connectivity index (χ2v) is 6.67. The maximum atomic E-state index is 13.8. The van der Waals surface area contributed by atoms with E-state index in [1.165, 1.54) is 16.7 Å². The molecule has 1 aliphatic heterocycles. The first-order valence-corrected chi connectivity index (χ1v) is 8.77. The molecule has 0 fully saturated rings. The Labute approximate surface area is 154 Å². The van der Waals surface area contributed by atoms with Crippen LogP contribution in [-0.4, -0.2) is 15.0 Å². The summed E-state index contributed by atoms with van der Waals surface area (Å²) in [5.74, 6) is -0.839. The number of carbonyl (C=O) groups excluding carboxylic acids is 1. The molecule has 27 heavy (non-hydrogen) atoms. The molecule has 0 amide bonds. The Balaban J connectivity index is 1.78. The number of pyridine rings is 1. The lowest BCUT2D eigenvalue weighted by Crippen LogP contribution is -2.20. The van der Waals surface area contributed by atoms with Gasteiger partial charge in [0, 0.05) is 18.1 Å². The number of hydrogen-bond acceptors (Lipinski definition) is 2. The van der Waals surface area contributed by atoms with Crippen molar-refractivity contribution in [2.75, 3.05) is 0 Å². The Bertz CT molecular complexity index is 1270. The third kappa shape index (κ3) is 2.28. The molecule has 0 bridgehead atoms. The molecule has 0 unspecified atom stereocenters. The van der Waals surface area contributed by atoms with Gasteiger partial charge in [-0.15, -0.1) is 0 Å². The molecule has 0 radical (unpaired) electrons. The Morgan fingerprint density at radius 1 is 0.926 bits per heavy atom. The molecule has 0 atom stereocenters. The minimum Gasteiger partial charge on any atom is -0.338 e. The average Bonchev–Trinajstić information content (AvgIpc) is 3.26. The monoisotopic (exact) mass is 358 g/mol. The Morgan fingerprint density at radius 3 is 2.56 bits per heavy atom. The van der Waals surface area contributed by atoms with Gasteiger partial charge in [0.2, 0.25) is 5.43 Å². The van der Waals surface area contributed by atoms with Crippen LogP contribution in [0, 0.1) is 5.82 Å². The Hall–Kier alpha value is -3.47. The van der Waals surface area contributed by atoms with Gasteiger partial charge in [0.25, 0.3) is 5.91 Å². The number of aryl methyl sites for hydroxylation is 2. The van der Waals surface area contributed by atoms with Gasteiger partial charge in [0.15, 0.2) is 0 Å². The topological polar surface area (TPSA) is 44.0 Å². The molecule has 5 rings (SSSR count). The van der Waals surface area contributed by atoms with Crippen molar-refractivity contribution in [3.63, 3.8) is 0 Å². The fourth-order valence-electron chi connectivity index (χ4n) is 3.88. The van der Waals surface area contributed by atoms with Crippen LogP contribution in [0.4, 0.5) is 4.39 Å². The Morgan fingerprint density at radius 2 is 1.74 bits per heavy atom. The van der Waals surface area contributed by atoms with E-state index in [0.717, 1.165) is 12.0 Å². The van der Waals surface area contributed by atoms with Gasteiger partial charge in [-0.3, -0.25) is 14.2 Å². The molecule has 4 aromatic rings.